The fourth-order valence-corrected chi connectivity index (χ4v) is 4.19. The van der Waals surface area contributed by atoms with Crippen LogP contribution in [0, 0.1) is 0 Å². The van der Waals surface area contributed by atoms with Crippen molar-refractivity contribution in [2.75, 3.05) is 11.5 Å². The minimum absolute atomic E-state index is 0.280. The van der Waals surface area contributed by atoms with E-state index in [0.717, 1.165) is 13.0 Å². The molecule has 2 heterocycles. The first-order valence-electron chi connectivity index (χ1n) is 4.72. The van der Waals surface area contributed by atoms with E-state index in [9.17, 15) is 8.42 Å². The van der Waals surface area contributed by atoms with Crippen LogP contribution in [-0.2, 0) is 16.4 Å². The van der Waals surface area contributed by atoms with Gasteiger partial charge in [0.25, 0.3) is 0 Å². The van der Waals surface area contributed by atoms with Crippen molar-refractivity contribution in [3.8, 4) is 0 Å². The summed E-state index contributed by atoms with van der Waals surface area (Å²) < 4.78 is 22.4. The molecular weight excluding hydrogens is 218 g/mol. The Morgan fingerprint density at radius 1 is 1.57 bits per heavy atom. The average Bonchev–Trinajstić information content (AvgIpc) is 2.70. The van der Waals surface area contributed by atoms with Crippen molar-refractivity contribution in [3.05, 3.63) is 22.4 Å². The lowest BCUT2D eigenvalue weighted by Crippen LogP contribution is -2.88. The highest BCUT2D eigenvalue weighted by atomic mass is 32.2. The van der Waals surface area contributed by atoms with Crippen LogP contribution in [0.5, 0.6) is 0 Å². The highest BCUT2D eigenvalue weighted by Gasteiger charge is 2.30. The highest BCUT2D eigenvalue weighted by Crippen LogP contribution is 2.09. The Kier molecular flexibility index (Phi) is 2.90. The quantitative estimate of drug-likeness (QED) is 0.797. The van der Waals surface area contributed by atoms with Crippen molar-refractivity contribution in [2.45, 2.75) is 19.0 Å². The number of hydrogen-bond acceptors (Lipinski definition) is 3. The molecule has 1 saturated heterocycles. The lowest BCUT2D eigenvalue weighted by Gasteiger charge is -2.05. The molecule has 0 aliphatic carbocycles. The molecule has 0 radical (unpaired) electrons. The van der Waals surface area contributed by atoms with E-state index < -0.39 is 9.84 Å². The zero-order valence-corrected chi connectivity index (χ0v) is 9.48. The molecule has 1 atom stereocenters. The highest BCUT2D eigenvalue weighted by molar-refractivity contribution is 7.91. The first-order valence-corrected chi connectivity index (χ1v) is 7.42. The Balaban J connectivity index is 1.83. The van der Waals surface area contributed by atoms with Crippen LogP contribution in [0.2, 0.25) is 0 Å². The normalized spacial score (nSPS) is 25.3. The largest absolute Gasteiger partial charge is 0.339 e. The minimum Gasteiger partial charge on any atom is -0.339 e. The van der Waals surface area contributed by atoms with E-state index in [2.05, 4.69) is 16.8 Å². The van der Waals surface area contributed by atoms with Crippen molar-refractivity contribution >= 4 is 21.2 Å². The topological polar surface area (TPSA) is 50.8 Å². The number of sulfone groups is 1. The molecule has 0 bridgehead atoms. The summed E-state index contributed by atoms with van der Waals surface area (Å²) in [5, 5.41) is 4.20. The Hall–Kier alpha value is -0.390. The van der Waals surface area contributed by atoms with Crippen molar-refractivity contribution in [2.24, 2.45) is 0 Å². The molecule has 1 aliphatic rings. The van der Waals surface area contributed by atoms with Crippen LogP contribution in [0.25, 0.3) is 0 Å². The van der Waals surface area contributed by atoms with Gasteiger partial charge in [-0.1, -0.05) is 6.07 Å². The summed E-state index contributed by atoms with van der Waals surface area (Å²) in [6, 6.07) is 4.39. The van der Waals surface area contributed by atoms with Crippen molar-refractivity contribution in [1.82, 2.24) is 0 Å². The van der Waals surface area contributed by atoms with Crippen molar-refractivity contribution in [3.63, 3.8) is 0 Å². The first-order chi connectivity index (χ1) is 6.66. The van der Waals surface area contributed by atoms with Gasteiger partial charge in [-0.2, -0.15) is 0 Å². The zero-order chi connectivity index (χ0) is 10.0. The maximum absolute atomic E-state index is 11.2. The third-order valence-corrected chi connectivity index (χ3v) is 5.19. The smallest absolute Gasteiger partial charge is 0.156 e. The molecule has 78 valence electrons. The van der Waals surface area contributed by atoms with Gasteiger partial charge >= 0.3 is 0 Å². The maximum Gasteiger partial charge on any atom is 0.156 e. The van der Waals surface area contributed by atoms with E-state index in [1.807, 2.05) is 6.07 Å². The summed E-state index contributed by atoms with van der Waals surface area (Å²) >= 11 is 1.73. The molecule has 1 aromatic rings. The van der Waals surface area contributed by atoms with Crippen LogP contribution in [-0.4, -0.2) is 26.0 Å². The molecule has 1 fully saturated rings. The van der Waals surface area contributed by atoms with Crippen LogP contribution in [0.1, 0.15) is 11.3 Å². The van der Waals surface area contributed by atoms with E-state index in [0.29, 0.717) is 11.5 Å². The van der Waals surface area contributed by atoms with Gasteiger partial charge in [0.15, 0.2) is 9.84 Å². The summed E-state index contributed by atoms with van der Waals surface area (Å²) in [6.45, 7) is 0.915. The van der Waals surface area contributed by atoms with Gasteiger partial charge in [-0.05, 0) is 11.4 Å². The summed E-state index contributed by atoms with van der Waals surface area (Å²) in [5.74, 6) is 0.733. The first kappa shape index (κ1) is 10.1. The third kappa shape index (κ3) is 2.56. The fourth-order valence-electron chi connectivity index (χ4n) is 1.72. The second-order valence-electron chi connectivity index (χ2n) is 3.68. The Labute approximate surface area is 88.1 Å². The van der Waals surface area contributed by atoms with Crippen LogP contribution >= 0.6 is 11.3 Å². The van der Waals surface area contributed by atoms with E-state index in [1.54, 1.807) is 11.3 Å². The predicted molar refractivity (Wildman–Crippen MR) is 57.0 cm³/mol. The predicted octanol–water partition coefficient (Wildman–Crippen LogP) is -0.00140. The van der Waals surface area contributed by atoms with Gasteiger partial charge in [0.2, 0.25) is 0 Å². The molecule has 2 N–H and O–H groups in total. The molecule has 0 unspecified atom stereocenters. The molecule has 14 heavy (non-hydrogen) atoms. The van der Waals surface area contributed by atoms with E-state index in [1.165, 1.54) is 4.88 Å². The monoisotopic (exact) mass is 232 g/mol. The Bertz CT molecular complexity index is 383. The van der Waals surface area contributed by atoms with Gasteiger partial charge in [-0.15, -0.1) is 11.3 Å². The average molecular weight is 232 g/mol. The SMILES string of the molecule is O=S1(=O)CC[C@@H]([NH2+]Cc2cccs2)C1. The van der Waals surface area contributed by atoms with E-state index >= 15 is 0 Å². The third-order valence-electron chi connectivity index (χ3n) is 2.50. The van der Waals surface area contributed by atoms with Crippen LogP contribution in [0.4, 0.5) is 0 Å². The molecule has 0 spiro atoms. The number of rotatable bonds is 3. The summed E-state index contributed by atoms with van der Waals surface area (Å²) in [7, 11) is -2.71. The molecule has 0 saturated carbocycles. The second kappa shape index (κ2) is 4.00. The number of quaternary nitrogens is 1. The van der Waals surface area contributed by atoms with Gasteiger partial charge in [-0.3, -0.25) is 0 Å². The van der Waals surface area contributed by atoms with Gasteiger partial charge in [-0.25, -0.2) is 8.42 Å². The molecular formula is C9H14NO2S2+. The van der Waals surface area contributed by atoms with Gasteiger partial charge in [0.1, 0.15) is 18.3 Å². The van der Waals surface area contributed by atoms with Crippen LogP contribution < -0.4 is 5.32 Å². The fraction of sp³-hybridized carbons (Fsp3) is 0.556. The van der Waals surface area contributed by atoms with Gasteiger partial charge in [0.05, 0.1) is 10.6 Å². The lowest BCUT2D eigenvalue weighted by molar-refractivity contribution is -0.699. The minimum atomic E-state index is -2.71. The van der Waals surface area contributed by atoms with Crippen molar-refractivity contribution in [1.29, 1.82) is 0 Å². The van der Waals surface area contributed by atoms with Crippen LogP contribution in [0.15, 0.2) is 17.5 Å². The maximum atomic E-state index is 11.2. The van der Waals surface area contributed by atoms with Crippen molar-refractivity contribution < 1.29 is 13.7 Å². The molecule has 0 aromatic carbocycles. The Morgan fingerprint density at radius 2 is 2.43 bits per heavy atom. The molecule has 1 aliphatic heterocycles. The molecule has 1 aromatic heterocycles. The summed E-state index contributed by atoms with van der Waals surface area (Å²) in [6.07, 6.45) is 0.813. The number of nitrogens with two attached hydrogens (primary N) is 1. The number of thiophene rings is 1. The number of hydrogen-bond donors (Lipinski definition) is 1. The molecule has 3 nitrogen and oxygen atoms in total. The molecule has 2 rings (SSSR count). The van der Waals surface area contributed by atoms with E-state index in [4.69, 9.17) is 0 Å². The van der Waals surface area contributed by atoms with Gasteiger partial charge < -0.3 is 5.32 Å². The van der Waals surface area contributed by atoms with Gasteiger partial charge in [0, 0.05) is 6.42 Å². The zero-order valence-electron chi connectivity index (χ0n) is 7.85. The Morgan fingerprint density at radius 3 is 3.00 bits per heavy atom. The molecule has 0 amide bonds. The van der Waals surface area contributed by atoms with E-state index in [-0.39, 0.29) is 6.04 Å². The second-order valence-corrected chi connectivity index (χ2v) is 6.94. The lowest BCUT2D eigenvalue weighted by atomic mass is 10.2. The molecule has 5 heteroatoms. The summed E-state index contributed by atoms with van der Waals surface area (Å²) in [5.41, 5.74) is 0. The van der Waals surface area contributed by atoms with Crippen LogP contribution in [0.3, 0.4) is 0 Å². The standard InChI is InChI=1S/C9H13NO2S2/c11-14(12)5-3-8(7-14)10-6-9-2-1-4-13-9/h1-2,4,8,10H,3,5-7H2/p+1/t8-/m1/s1. The summed E-state index contributed by atoms with van der Waals surface area (Å²) in [4.78, 5) is 1.31.